The minimum Gasteiger partial charge on any atom is -0.360 e. The summed E-state index contributed by atoms with van der Waals surface area (Å²) in [5.74, 6) is 1.38. The van der Waals surface area contributed by atoms with Crippen LogP contribution >= 0.6 is 0 Å². The highest BCUT2D eigenvalue weighted by Crippen LogP contribution is 2.15. The first-order valence-corrected chi connectivity index (χ1v) is 5.91. The Morgan fingerprint density at radius 3 is 2.44 bits per heavy atom. The molecule has 0 saturated heterocycles. The van der Waals surface area contributed by atoms with Crippen molar-refractivity contribution in [2.24, 2.45) is 0 Å². The van der Waals surface area contributed by atoms with E-state index in [1.54, 1.807) is 13.0 Å². The highest BCUT2D eigenvalue weighted by atomic mass is 16.5. The summed E-state index contributed by atoms with van der Waals surface area (Å²) < 4.78 is 4.89. The van der Waals surface area contributed by atoms with Crippen LogP contribution in [0.1, 0.15) is 41.4 Å². The summed E-state index contributed by atoms with van der Waals surface area (Å²) >= 11 is 0. The van der Waals surface area contributed by atoms with Gasteiger partial charge in [0.05, 0.1) is 0 Å². The molecule has 0 saturated carbocycles. The lowest BCUT2D eigenvalue weighted by Crippen LogP contribution is -2.12. The molecule has 2 rings (SSSR count). The number of aryl methyl sites for hydroxylation is 1. The smallest absolute Gasteiger partial charge is 0.256 e. The normalized spacial score (nSPS) is 10.7. The summed E-state index contributed by atoms with van der Waals surface area (Å²) in [6.45, 7) is 6.01. The van der Waals surface area contributed by atoms with Crippen molar-refractivity contribution in [3.63, 3.8) is 0 Å². The number of carbonyl (C=O) groups is 1. The van der Waals surface area contributed by atoms with Crippen LogP contribution in [0, 0.1) is 6.92 Å². The van der Waals surface area contributed by atoms with Gasteiger partial charge in [0.2, 0.25) is 0 Å². The zero-order chi connectivity index (χ0) is 13.1. The van der Waals surface area contributed by atoms with Crippen LogP contribution in [0.3, 0.4) is 0 Å². The van der Waals surface area contributed by atoms with E-state index in [2.05, 4.69) is 24.3 Å². The standard InChI is InChI=1S/C14H16N2O2/c1-9(2)11-4-6-12(7-5-11)14(17)15-13-8-10(3)18-16-13/h4-9H,1-3H3,(H,15,16,17). The van der Waals surface area contributed by atoms with Gasteiger partial charge in [-0.1, -0.05) is 31.1 Å². The Morgan fingerprint density at radius 2 is 1.94 bits per heavy atom. The van der Waals surface area contributed by atoms with Gasteiger partial charge in [0.15, 0.2) is 5.82 Å². The first-order chi connectivity index (χ1) is 8.56. The van der Waals surface area contributed by atoms with Crippen LogP contribution in [-0.4, -0.2) is 11.1 Å². The maximum Gasteiger partial charge on any atom is 0.256 e. The van der Waals surface area contributed by atoms with Crippen LogP contribution in [0.25, 0.3) is 0 Å². The van der Waals surface area contributed by atoms with Crippen LogP contribution in [0.5, 0.6) is 0 Å². The predicted octanol–water partition coefficient (Wildman–Crippen LogP) is 3.36. The Balaban J connectivity index is 2.09. The Morgan fingerprint density at radius 1 is 1.28 bits per heavy atom. The third kappa shape index (κ3) is 2.77. The molecule has 0 spiro atoms. The van der Waals surface area contributed by atoms with Gasteiger partial charge in [0, 0.05) is 11.6 Å². The average Bonchev–Trinajstić information content (AvgIpc) is 2.75. The van der Waals surface area contributed by atoms with Gasteiger partial charge in [-0.3, -0.25) is 4.79 Å². The largest absolute Gasteiger partial charge is 0.360 e. The van der Waals surface area contributed by atoms with Crippen molar-refractivity contribution < 1.29 is 9.32 Å². The lowest BCUT2D eigenvalue weighted by molar-refractivity contribution is 0.102. The van der Waals surface area contributed by atoms with Crippen LogP contribution in [0.2, 0.25) is 0 Å². The SMILES string of the molecule is Cc1cc(NC(=O)c2ccc(C(C)C)cc2)no1. The number of rotatable bonds is 3. The molecule has 0 radical (unpaired) electrons. The number of hydrogen-bond acceptors (Lipinski definition) is 3. The van der Waals surface area contributed by atoms with E-state index < -0.39 is 0 Å². The molecule has 0 aliphatic carbocycles. The quantitative estimate of drug-likeness (QED) is 0.900. The zero-order valence-electron chi connectivity index (χ0n) is 10.7. The van der Waals surface area contributed by atoms with Gasteiger partial charge >= 0.3 is 0 Å². The van der Waals surface area contributed by atoms with Gasteiger partial charge in [-0.05, 0) is 30.5 Å². The number of benzene rings is 1. The summed E-state index contributed by atoms with van der Waals surface area (Å²) in [5, 5.41) is 6.40. The second-order valence-electron chi connectivity index (χ2n) is 4.55. The molecule has 0 fully saturated rings. The van der Waals surface area contributed by atoms with Crippen molar-refractivity contribution in [1.82, 2.24) is 5.16 Å². The third-order valence-electron chi connectivity index (χ3n) is 2.71. The Labute approximate surface area is 106 Å². The molecule has 0 bridgehead atoms. The van der Waals surface area contributed by atoms with Crippen molar-refractivity contribution in [2.75, 3.05) is 5.32 Å². The predicted molar refractivity (Wildman–Crippen MR) is 69.7 cm³/mol. The molecule has 4 nitrogen and oxygen atoms in total. The second-order valence-corrected chi connectivity index (χ2v) is 4.55. The summed E-state index contributed by atoms with van der Waals surface area (Å²) in [7, 11) is 0. The number of hydrogen-bond donors (Lipinski definition) is 1. The van der Waals surface area contributed by atoms with E-state index in [-0.39, 0.29) is 5.91 Å². The fourth-order valence-corrected chi connectivity index (χ4v) is 1.63. The van der Waals surface area contributed by atoms with E-state index in [1.165, 1.54) is 5.56 Å². The molecule has 0 unspecified atom stereocenters. The van der Waals surface area contributed by atoms with Gasteiger partial charge < -0.3 is 9.84 Å². The van der Waals surface area contributed by atoms with Crippen LogP contribution in [-0.2, 0) is 0 Å². The van der Waals surface area contributed by atoms with E-state index in [0.29, 0.717) is 23.1 Å². The fourth-order valence-electron chi connectivity index (χ4n) is 1.63. The Hall–Kier alpha value is -2.10. The van der Waals surface area contributed by atoms with Gasteiger partial charge in [0.1, 0.15) is 5.76 Å². The highest BCUT2D eigenvalue weighted by molar-refractivity contribution is 6.03. The Kier molecular flexibility index (Phi) is 3.46. The van der Waals surface area contributed by atoms with E-state index in [0.717, 1.165) is 0 Å². The maximum atomic E-state index is 11.9. The van der Waals surface area contributed by atoms with Crippen molar-refractivity contribution in [3.05, 3.63) is 47.2 Å². The molecule has 1 amide bonds. The van der Waals surface area contributed by atoms with E-state index in [4.69, 9.17) is 4.52 Å². The molecule has 18 heavy (non-hydrogen) atoms. The summed E-state index contributed by atoms with van der Waals surface area (Å²) in [6, 6.07) is 9.25. The minimum atomic E-state index is -0.182. The molecule has 1 heterocycles. The molecular formula is C14H16N2O2. The molecule has 2 aromatic rings. The van der Waals surface area contributed by atoms with Crippen LogP contribution < -0.4 is 5.32 Å². The minimum absolute atomic E-state index is 0.182. The first kappa shape index (κ1) is 12.4. The van der Waals surface area contributed by atoms with Gasteiger partial charge in [-0.2, -0.15) is 0 Å². The van der Waals surface area contributed by atoms with Crippen LogP contribution in [0.15, 0.2) is 34.9 Å². The molecule has 94 valence electrons. The van der Waals surface area contributed by atoms with Gasteiger partial charge in [-0.25, -0.2) is 0 Å². The zero-order valence-corrected chi connectivity index (χ0v) is 10.7. The molecule has 4 heteroatoms. The highest BCUT2D eigenvalue weighted by Gasteiger charge is 2.09. The number of nitrogens with one attached hydrogen (secondary N) is 1. The topological polar surface area (TPSA) is 55.1 Å². The second kappa shape index (κ2) is 5.04. The van der Waals surface area contributed by atoms with Gasteiger partial charge in [0.25, 0.3) is 5.91 Å². The maximum absolute atomic E-state index is 11.9. The first-order valence-electron chi connectivity index (χ1n) is 5.91. The number of amides is 1. The molecular weight excluding hydrogens is 228 g/mol. The van der Waals surface area contributed by atoms with E-state index >= 15 is 0 Å². The van der Waals surface area contributed by atoms with Gasteiger partial charge in [-0.15, -0.1) is 0 Å². The van der Waals surface area contributed by atoms with E-state index in [9.17, 15) is 4.79 Å². The number of anilines is 1. The molecule has 1 aromatic carbocycles. The summed E-state index contributed by atoms with van der Waals surface area (Å²) in [4.78, 5) is 11.9. The van der Waals surface area contributed by atoms with Crippen LogP contribution in [0.4, 0.5) is 5.82 Å². The van der Waals surface area contributed by atoms with Crippen molar-refractivity contribution in [3.8, 4) is 0 Å². The Bertz CT molecular complexity index is 541. The monoisotopic (exact) mass is 244 g/mol. The number of aromatic nitrogens is 1. The van der Waals surface area contributed by atoms with Crippen molar-refractivity contribution >= 4 is 11.7 Å². The van der Waals surface area contributed by atoms with Crippen molar-refractivity contribution in [2.45, 2.75) is 26.7 Å². The van der Waals surface area contributed by atoms with Crippen molar-refractivity contribution in [1.29, 1.82) is 0 Å². The number of nitrogens with zero attached hydrogens (tertiary/aromatic N) is 1. The lowest BCUT2D eigenvalue weighted by atomic mass is 10.0. The molecule has 0 aliphatic heterocycles. The molecule has 0 aliphatic rings. The molecule has 1 aromatic heterocycles. The number of carbonyl (C=O) groups excluding carboxylic acids is 1. The molecule has 1 N–H and O–H groups in total. The average molecular weight is 244 g/mol. The fraction of sp³-hybridized carbons (Fsp3) is 0.286. The third-order valence-corrected chi connectivity index (χ3v) is 2.71. The lowest BCUT2D eigenvalue weighted by Gasteiger charge is -2.06. The molecule has 0 atom stereocenters. The summed E-state index contributed by atoms with van der Waals surface area (Å²) in [6.07, 6.45) is 0. The van der Waals surface area contributed by atoms with E-state index in [1.807, 2.05) is 24.3 Å². The summed E-state index contributed by atoms with van der Waals surface area (Å²) in [5.41, 5.74) is 1.82.